The first-order valence-corrected chi connectivity index (χ1v) is 15.3. The van der Waals surface area contributed by atoms with Crippen molar-refractivity contribution in [3.63, 3.8) is 0 Å². The number of hydrogen-bond donors (Lipinski definition) is 2. The topological polar surface area (TPSA) is 117 Å². The molecule has 0 radical (unpaired) electrons. The maximum atomic E-state index is 13.5. The van der Waals surface area contributed by atoms with Gasteiger partial charge in [0, 0.05) is 18.5 Å². The summed E-state index contributed by atoms with van der Waals surface area (Å²) in [5.74, 6) is -1.45. The van der Waals surface area contributed by atoms with E-state index in [1.54, 1.807) is 13.0 Å². The summed E-state index contributed by atoms with van der Waals surface area (Å²) < 4.78 is 70.5. The summed E-state index contributed by atoms with van der Waals surface area (Å²) >= 11 is 0. The third kappa shape index (κ3) is 7.02. The van der Waals surface area contributed by atoms with Crippen LogP contribution >= 0.6 is 0 Å². The van der Waals surface area contributed by atoms with Gasteiger partial charge in [0.25, 0.3) is 0 Å². The van der Waals surface area contributed by atoms with Crippen LogP contribution in [-0.4, -0.2) is 35.3 Å². The molecule has 43 heavy (non-hydrogen) atoms. The zero-order chi connectivity index (χ0) is 31.4. The average Bonchev–Trinajstić information content (AvgIpc) is 2.98. The van der Waals surface area contributed by atoms with E-state index in [2.05, 4.69) is 4.98 Å². The summed E-state index contributed by atoms with van der Waals surface area (Å²) in [7, 11) is -4.74. The van der Waals surface area contributed by atoms with E-state index in [0.29, 0.717) is 49.6 Å². The number of rotatable bonds is 11. The molecule has 8 nitrogen and oxygen atoms in total. The van der Waals surface area contributed by atoms with E-state index in [1.165, 1.54) is 18.2 Å². The maximum Gasteiger partial charge on any atom is 0.417 e. The molecule has 4 rings (SSSR count). The maximum absolute atomic E-state index is 13.5. The predicted molar refractivity (Wildman–Crippen MR) is 153 cm³/mol. The van der Waals surface area contributed by atoms with Crippen molar-refractivity contribution in [1.82, 2.24) is 4.98 Å². The lowest BCUT2D eigenvalue weighted by atomic mass is 9.80. The van der Waals surface area contributed by atoms with Gasteiger partial charge in [-0.3, -0.25) is 5.21 Å². The van der Waals surface area contributed by atoms with Crippen molar-refractivity contribution in [2.24, 2.45) is 0 Å². The minimum atomic E-state index is -4.74. The van der Waals surface area contributed by atoms with Gasteiger partial charge in [0.15, 0.2) is 5.03 Å². The molecule has 0 saturated carbocycles. The van der Waals surface area contributed by atoms with Crippen LogP contribution in [0.15, 0.2) is 89.3 Å². The number of aryl methyl sites for hydroxylation is 1. The zero-order valence-electron chi connectivity index (χ0n) is 23.7. The molecule has 1 aliphatic rings. The summed E-state index contributed by atoms with van der Waals surface area (Å²) in [6, 6.07) is 16.7. The minimum absolute atomic E-state index is 0.0582. The van der Waals surface area contributed by atoms with Gasteiger partial charge in [-0.1, -0.05) is 62.7 Å². The van der Waals surface area contributed by atoms with Crippen molar-refractivity contribution in [2.45, 2.75) is 75.1 Å². The number of cyclic esters (lactones) is 1. The minimum Gasteiger partial charge on any atom is -0.512 e. The molecule has 2 heterocycles. The number of carbonyl (C=O) groups excluding carboxylic acids is 1. The molecule has 2 N–H and O–H groups in total. The van der Waals surface area contributed by atoms with Crippen LogP contribution in [0.25, 0.3) is 0 Å². The number of pyridine rings is 1. The Morgan fingerprint density at radius 3 is 2.35 bits per heavy atom. The Morgan fingerprint density at radius 1 is 1.05 bits per heavy atom. The normalized spacial score (nSPS) is 18.3. The molecule has 230 valence electrons. The van der Waals surface area contributed by atoms with Gasteiger partial charge in [-0.25, -0.2) is 9.78 Å². The first-order valence-electron chi connectivity index (χ1n) is 13.9. The molecule has 2 atom stereocenters. The average molecular weight is 619 g/mol. The standard InChI is InChI=1S/C31H33F3N2O6S/c1-3-16-30(17-15-21-9-6-5-7-10-21)19-26(37)28(29(38)42-30)25(4-2)22-11-8-12-24(18-22)36(39)43(40,41)27-14-13-23(20-35-27)31(32,33)34/h5-14,18,20,25,37,39H,3-4,15-17,19H2,1-2H3. The molecule has 12 heteroatoms. The van der Waals surface area contributed by atoms with Crippen molar-refractivity contribution >= 4 is 21.7 Å². The first-order chi connectivity index (χ1) is 20.3. The summed E-state index contributed by atoms with van der Waals surface area (Å²) in [5, 5.41) is 21.1. The SMILES string of the molecule is CCCC1(CCc2ccccc2)CC(O)=C(C(CC)c2cccc(N(O)S(=O)(=O)c3ccc(C(F)(F)F)cn3)c2)C(=O)O1. The summed E-state index contributed by atoms with van der Waals surface area (Å²) in [6.45, 7) is 3.76. The number of nitrogens with zero attached hydrogens (tertiary/aromatic N) is 2. The van der Waals surface area contributed by atoms with Crippen LogP contribution in [0.4, 0.5) is 18.9 Å². The second-order valence-corrected chi connectivity index (χ2v) is 12.2. The molecule has 1 aliphatic heterocycles. The van der Waals surface area contributed by atoms with Crippen LogP contribution in [-0.2, 0) is 32.2 Å². The third-order valence-electron chi connectivity index (χ3n) is 7.55. The van der Waals surface area contributed by atoms with Crippen molar-refractivity contribution in [2.75, 3.05) is 4.47 Å². The van der Waals surface area contributed by atoms with Crippen LogP contribution < -0.4 is 4.47 Å². The van der Waals surface area contributed by atoms with E-state index >= 15 is 0 Å². The number of benzene rings is 2. The zero-order valence-corrected chi connectivity index (χ0v) is 24.5. The Kier molecular flexibility index (Phi) is 9.50. The number of esters is 1. The molecule has 1 aromatic heterocycles. The number of anilines is 1. The second-order valence-electron chi connectivity index (χ2n) is 10.5. The Morgan fingerprint density at radius 2 is 1.77 bits per heavy atom. The molecule has 3 aromatic rings. The highest BCUT2D eigenvalue weighted by Gasteiger charge is 2.43. The summed E-state index contributed by atoms with van der Waals surface area (Å²) in [4.78, 5) is 16.8. The van der Waals surface area contributed by atoms with Crippen molar-refractivity contribution in [3.8, 4) is 0 Å². The van der Waals surface area contributed by atoms with Crippen LogP contribution in [0.1, 0.15) is 68.6 Å². The molecule has 0 bridgehead atoms. The number of aliphatic hydroxyl groups excluding tert-OH is 1. The fourth-order valence-corrected chi connectivity index (χ4v) is 6.41. The smallest absolute Gasteiger partial charge is 0.417 e. The van der Waals surface area contributed by atoms with Crippen molar-refractivity contribution in [1.29, 1.82) is 0 Å². The number of halogens is 3. The van der Waals surface area contributed by atoms with E-state index in [-0.39, 0.29) is 27.9 Å². The molecule has 0 amide bonds. The van der Waals surface area contributed by atoms with Gasteiger partial charge < -0.3 is 9.84 Å². The summed E-state index contributed by atoms with van der Waals surface area (Å²) in [6.07, 6.45) is -1.40. The number of hydrogen-bond acceptors (Lipinski definition) is 7. The van der Waals surface area contributed by atoms with Gasteiger partial charge in [0.05, 0.1) is 16.8 Å². The van der Waals surface area contributed by atoms with E-state index in [9.17, 15) is 36.7 Å². The van der Waals surface area contributed by atoms with Crippen LogP contribution in [0.5, 0.6) is 0 Å². The Hall–Kier alpha value is -3.90. The molecule has 0 spiro atoms. The van der Waals surface area contributed by atoms with E-state index in [1.807, 2.05) is 37.3 Å². The largest absolute Gasteiger partial charge is 0.512 e. The van der Waals surface area contributed by atoms with Crippen LogP contribution in [0.2, 0.25) is 0 Å². The highest BCUT2D eigenvalue weighted by Crippen LogP contribution is 2.42. The van der Waals surface area contributed by atoms with Gasteiger partial charge >= 0.3 is 22.2 Å². The molecule has 2 unspecified atom stereocenters. The lowest BCUT2D eigenvalue weighted by Crippen LogP contribution is -2.41. The predicted octanol–water partition coefficient (Wildman–Crippen LogP) is 7.11. The lowest BCUT2D eigenvalue weighted by Gasteiger charge is -2.38. The number of carbonyl (C=O) groups is 1. The Balaban J connectivity index is 1.61. The lowest BCUT2D eigenvalue weighted by molar-refractivity contribution is -0.161. The second kappa shape index (κ2) is 12.8. The molecule has 0 aliphatic carbocycles. The monoisotopic (exact) mass is 618 g/mol. The van der Waals surface area contributed by atoms with Gasteiger partial charge in [0.2, 0.25) is 0 Å². The fourth-order valence-electron chi connectivity index (χ4n) is 5.42. The number of ether oxygens (including phenoxy) is 1. The number of sulfonamides is 1. The Bertz CT molecular complexity index is 1580. The van der Waals surface area contributed by atoms with Gasteiger partial charge in [-0.15, -0.1) is 4.47 Å². The number of alkyl halides is 3. The fraction of sp³-hybridized carbons (Fsp3) is 0.355. The molecule has 0 saturated heterocycles. The van der Waals surface area contributed by atoms with Crippen molar-refractivity contribution in [3.05, 3.63) is 101 Å². The van der Waals surface area contributed by atoms with E-state index in [0.717, 1.165) is 12.0 Å². The summed E-state index contributed by atoms with van der Waals surface area (Å²) in [5.41, 5.74) is -0.686. The van der Waals surface area contributed by atoms with Crippen LogP contribution in [0, 0.1) is 0 Å². The quantitative estimate of drug-likeness (QED) is 0.174. The van der Waals surface area contributed by atoms with Gasteiger partial charge in [-0.05, 0) is 61.1 Å². The van der Waals surface area contributed by atoms with Crippen LogP contribution in [0.3, 0.4) is 0 Å². The first kappa shape index (κ1) is 32.0. The third-order valence-corrected chi connectivity index (χ3v) is 8.99. The molecule has 2 aromatic carbocycles. The highest BCUT2D eigenvalue weighted by molar-refractivity contribution is 7.92. The Labute approximate surface area is 248 Å². The molecule has 0 fully saturated rings. The molecular formula is C31H33F3N2O6S. The van der Waals surface area contributed by atoms with E-state index < -0.39 is 44.3 Å². The number of aliphatic hydroxyl groups is 1. The number of aromatic nitrogens is 1. The van der Waals surface area contributed by atoms with Crippen molar-refractivity contribution < 1.29 is 41.4 Å². The highest BCUT2D eigenvalue weighted by atomic mass is 32.2. The van der Waals surface area contributed by atoms with Gasteiger partial charge in [-0.2, -0.15) is 21.6 Å². The molecular weight excluding hydrogens is 585 g/mol. The van der Waals surface area contributed by atoms with E-state index in [4.69, 9.17) is 4.74 Å². The van der Waals surface area contributed by atoms with Gasteiger partial charge in [0.1, 0.15) is 11.4 Å².